The highest BCUT2D eigenvalue weighted by atomic mass is 32.2. The molecule has 1 aliphatic rings. The Labute approximate surface area is 140 Å². The molecule has 128 valence electrons. The predicted octanol–water partition coefficient (Wildman–Crippen LogP) is 2.64. The second kappa shape index (κ2) is 6.58. The molecule has 24 heavy (non-hydrogen) atoms. The molecule has 0 amide bonds. The Bertz CT molecular complexity index is 828. The predicted molar refractivity (Wildman–Crippen MR) is 86.9 cm³/mol. The van der Waals surface area contributed by atoms with Crippen LogP contribution < -0.4 is 0 Å². The topological polar surface area (TPSA) is 40.6 Å². The van der Waals surface area contributed by atoms with Crippen molar-refractivity contribution in [2.24, 2.45) is 0 Å². The Morgan fingerprint density at radius 1 is 1.04 bits per heavy atom. The molecule has 1 aliphatic heterocycles. The van der Waals surface area contributed by atoms with Crippen LogP contribution in [0.5, 0.6) is 0 Å². The summed E-state index contributed by atoms with van der Waals surface area (Å²) in [5.41, 5.74) is 0.843. The van der Waals surface area contributed by atoms with Crippen LogP contribution >= 0.6 is 0 Å². The fraction of sp³-hybridized carbons (Fsp3) is 0.294. The van der Waals surface area contributed by atoms with E-state index in [1.807, 2.05) is 42.3 Å². The Morgan fingerprint density at radius 2 is 1.75 bits per heavy atom. The van der Waals surface area contributed by atoms with Crippen LogP contribution in [0.2, 0.25) is 0 Å². The van der Waals surface area contributed by atoms with Gasteiger partial charge in [-0.05, 0) is 24.7 Å². The van der Waals surface area contributed by atoms with E-state index in [1.165, 1.54) is 4.31 Å². The van der Waals surface area contributed by atoms with Crippen molar-refractivity contribution in [1.29, 1.82) is 0 Å². The third-order valence-electron chi connectivity index (χ3n) is 4.20. The van der Waals surface area contributed by atoms with Gasteiger partial charge in [0.25, 0.3) is 0 Å². The Balaban J connectivity index is 2.04. The summed E-state index contributed by atoms with van der Waals surface area (Å²) in [6.45, 7) is 1.30. The minimum Gasteiger partial charge on any atom is -0.303 e. The van der Waals surface area contributed by atoms with Gasteiger partial charge in [0.1, 0.15) is 16.5 Å². The Morgan fingerprint density at radius 3 is 2.42 bits per heavy atom. The summed E-state index contributed by atoms with van der Waals surface area (Å²) in [5, 5.41) is 0. The number of benzene rings is 2. The van der Waals surface area contributed by atoms with Crippen LogP contribution in [0.15, 0.2) is 53.4 Å². The second-order valence-corrected chi connectivity index (χ2v) is 7.74. The van der Waals surface area contributed by atoms with E-state index in [0.717, 1.165) is 17.7 Å². The maximum absolute atomic E-state index is 14.1. The number of hydrogen-bond acceptors (Lipinski definition) is 3. The SMILES string of the molecule is CN1CCN(S(=O)(=O)c2ccc(F)cc2F)C(c2ccccc2)C1. The lowest BCUT2D eigenvalue weighted by molar-refractivity contribution is 0.160. The summed E-state index contributed by atoms with van der Waals surface area (Å²) in [6, 6.07) is 11.4. The zero-order valence-corrected chi connectivity index (χ0v) is 14.0. The van der Waals surface area contributed by atoms with Crippen LogP contribution in [0.3, 0.4) is 0 Å². The number of piperazine rings is 1. The number of likely N-dealkylation sites (N-methyl/N-ethyl adjacent to an activating group) is 1. The van der Waals surface area contributed by atoms with Crippen LogP contribution in [0, 0.1) is 11.6 Å². The molecule has 4 nitrogen and oxygen atoms in total. The number of rotatable bonds is 3. The second-order valence-electron chi connectivity index (χ2n) is 5.88. The van der Waals surface area contributed by atoms with Crippen LogP contribution in [0.25, 0.3) is 0 Å². The van der Waals surface area contributed by atoms with E-state index < -0.39 is 32.6 Å². The molecular weight excluding hydrogens is 334 g/mol. The zero-order chi connectivity index (χ0) is 17.3. The maximum atomic E-state index is 14.1. The van der Waals surface area contributed by atoms with E-state index in [1.54, 1.807) is 0 Å². The van der Waals surface area contributed by atoms with Gasteiger partial charge in [-0.2, -0.15) is 4.31 Å². The van der Waals surface area contributed by atoms with Crippen molar-refractivity contribution < 1.29 is 17.2 Å². The largest absolute Gasteiger partial charge is 0.303 e. The maximum Gasteiger partial charge on any atom is 0.246 e. The average Bonchev–Trinajstić information content (AvgIpc) is 2.55. The average molecular weight is 352 g/mol. The third kappa shape index (κ3) is 3.19. The van der Waals surface area contributed by atoms with Crippen molar-refractivity contribution in [2.75, 3.05) is 26.7 Å². The van der Waals surface area contributed by atoms with Gasteiger partial charge in [-0.1, -0.05) is 30.3 Å². The van der Waals surface area contributed by atoms with Crippen molar-refractivity contribution >= 4 is 10.0 Å². The van der Waals surface area contributed by atoms with Gasteiger partial charge in [0.15, 0.2) is 0 Å². The first-order chi connectivity index (χ1) is 11.4. The number of halogens is 2. The van der Waals surface area contributed by atoms with Crippen molar-refractivity contribution in [1.82, 2.24) is 9.21 Å². The summed E-state index contributed by atoms with van der Waals surface area (Å²) in [7, 11) is -2.15. The van der Waals surface area contributed by atoms with Crippen molar-refractivity contribution in [2.45, 2.75) is 10.9 Å². The molecular formula is C17H18F2N2O2S. The first kappa shape index (κ1) is 17.0. The molecule has 0 aliphatic carbocycles. The first-order valence-corrected chi connectivity index (χ1v) is 9.04. The van der Waals surface area contributed by atoms with E-state index in [-0.39, 0.29) is 6.54 Å². The van der Waals surface area contributed by atoms with Crippen LogP contribution in [-0.2, 0) is 10.0 Å². The minimum atomic E-state index is -4.07. The number of hydrogen-bond donors (Lipinski definition) is 0. The van der Waals surface area contributed by atoms with Crippen molar-refractivity contribution in [3.63, 3.8) is 0 Å². The quantitative estimate of drug-likeness (QED) is 0.853. The van der Waals surface area contributed by atoms with Gasteiger partial charge in [-0.15, -0.1) is 0 Å². The molecule has 0 saturated carbocycles. The molecule has 0 N–H and O–H groups in total. The molecule has 0 bridgehead atoms. The highest BCUT2D eigenvalue weighted by molar-refractivity contribution is 7.89. The van der Waals surface area contributed by atoms with E-state index >= 15 is 0 Å². The number of sulfonamides is 1. The normalized spacial score (nSPS) is 20.2. The van der Waals surface area contributed by atoms with Crippen molar-refractivity contribution in [3.05, 3.63) is 65.7 Å². The fourth-order valence-corrected chi connectivity index (χ4v) is 4.59. The molecule has 2 aromatic carbocycles. The summed E-state index contributed by atoms with van der Waals surface area (Å²) in [6.07, 6.45) is 0. The van der Waals surface area contributed by atoms with E-state index in [4.69, 9.17) is 0 Å². The lowest BCUT2D eigenvalue weighted by atomic mass is 10.1. The van der Waals surface area contributed by atoms with Gasteiger partial charge in [-0.3, -0.25) is 0 Å². The zero-order valence-electron chi connectivity index (χ0n) is 13.2. The third-order valence-corrected chi connectivity index (χ3v) is 6.14. The van der Waals surface area contributed by atoms with Gasteiger partial charge < -0.3 is 4.90 Å². The van der Waals surface area contributed by atoms with Crippen molar-refractivity contribution in [3.8, 4) is 0 Å². The molecule has 1 heterocycles. The van der Waals surface area contributed by atoms with Crippen LogP contribution in [-0.4, -0.2) is 44.3 Å². The van der Waals surface area contributed by atoms with Crippen LogP contribution in [0.1, 0.15) is 11.6 Å². The minimum absolute atomic E-state index is 0.245. The standard InChI is InChI=1S/C17H18F2N2O2S/c1-20-9-10-21(16(12-20)13-5-3-2-4-6-13)24(22,23)17-8-7-14(18)11-15(17)19/h2-8,11,16H,9-10,12H2,1H3. The monoisotopic (exact) mass is 352 g/mol. The molecule has 1 unspecified atom stereocenters. The molecule has 1 fully saturated rings. The molecule has 0 aromatic heterocycles. The highest BCUT2D eigenvalue weighted by Crippen LogP contribution is 2.31. The first-order valence-electron chi connectivity index (χ1n) is 7.60. The molecule has 0 radical (unpaired) electrons. The van der Waals surface area contributed by atoms with E-state index in [0.29, 0.717) is 19.2 Å². The molecule has 1 atom stereocenters. The lowest BCUT2D eigenvalue weighted by Crippen LogP contribution is -2.49. The highest BCUT2D eigenvalue weighted by Gasteiger charge is 2.37. The van der Waals surface area contributed by atoms with Gasteiger partial charge >= 0.3 is 0 Å². The van der Waals surface area contributed by atoms with Gasteiger partial charge in [-0.25, -0.2) is 17.2 Å². The summed E-state index contributed by atoms with van der Waals surface area (Å²) in [5.74, 6) is -1.87. The number of nitrogens with zero attached hydrogens (tertiary/aromatic N) is 2. The summed E-state index contributed by atoms with van der Waals surface area (Å²) in [4.78, 5) is 1.54. The molecule has 1 saturated heterocycles. The molecule has 7 heteroatoms. The molecule has 3 rings (SSSR count). The smallest absolute Gasteiger partial charge is 0.246 e. The van der Waals surface area contributed by atoms with Gasteiger partial charge in [0.2, 0.25) is 10.0 Å². The van der Waals surface area contributed by atoms with Gasteiger partial charge in [0, 0.05) is 25.7 Å². The van der Waals surface area contributed by atoms with E-state index in [9.17, 15) is 17.2 Å². The lowest BCUT2D eigenvalue weighted by Gasteiger charge is -2.39. The van der Waals surface area contributed by atoms with Crippen LogP contribution in [0.4, 0.5) is 8.78 Å². The molecule has 2 aromatic rings. The van der Waals surface area contributed by atoms with E-state index in [2.05, 4.69) is 0 Å². The Kier molecular flexibility index (Phi) is 4.67. The Hall–Kier alpha value is -1.83. The summed E-state index contributed by atoms with van der Waals surface area (Å²) >= 11 is 0. The molecule has 0 spiro atoms. The van der Waals surface area contributed by atoms with Gasteiger partial charge in [0.05, 0.1) is 6.04 Å². The fourth-order valence-electron chi connectivity index (χ4n) is 2.95. The summed E-state index contributed by atoms with van der Waals surface area (Å²) < 4.78 is 54.4.